The Hall–Kier alpha value is -2.13. The fourth-order valence-electron chi connectivity index (χ4n) is 3.36. The van der Waals surface area contributed by atoms with Crippen LogP contribution in [0.25, 0.3) is 0 Å². The lowest BCUT2D eigenvalue weighted by molar-refractivity contribution is 0.00171. The highest BCUT2D eigenvalue weighted by molar-refractivity contribution is 5.38. The number of halogens is 1. The summed E-state index contributed by atoms with van der Waals surface area (Å²) in [5.74, 6) is 0.269. The Bertz CT molecular complexity index is 698. The summed E-state index contributed by atoms with van der Waals surface area (Å²) in [6, 6.07) is 14.8. The minimum atomic E-state index is -0.282. The third kappa shape index (κ3) is 3.68. The van der Waals surface area contributed by atoms with E-state index < -0.39 is 0 Å². The van der Waals surface area contributed by atoms with Gasteiger partial charge in [-0.15, -0.1) is 6.58 Å². The molecule has 0 aromatic heterocycles. The molecule has 1 fully saturated rings. The lowest BCUT2D eigenvalue weighted by Gasteiger charge is -2.38. The molecule has 24 heavy (non-hydrogen) atoms. The number of benzene rings is 2. The van der Waals surface area contributed by atoms with E-state index in [0.717, 1.165) is 24.0 Å². The van der Waals surface area contributed by atoms with Crippen LogP contribution in [0.1, 0.15) is 30.9 Å². The predicted octanol–water partition coefficient (Wildman–Crippen LogP) is 5.03. The number of ether oxygens (including phenoxy) is 2. The Kier molecular flexibility index (Phi) is 5.00. The highest BCUT2D eigenvalue weighted by Gasteiger charge is 2.35. The largest absolute Gasteiger partial charge is 0.489 e. The number of hydrogen-bond donors (Lipinski definition) is 0. The molecule has 0 aliphatic carbocycles. The molecular weight excluding hydrogens is 303 g/mol. The van der Waals surface area contributed by atoms with Crippen LogP contribution < -0.4 is 4.74 Å². The molecule has 0 radical (unpaired) electrons. The first kappa shape index (κ1) is 16.7. The molecule has 3 heteroatoms. The van der Waals surface area contributed by atoms with Crippen LogP contribution in [-0.2, 0) is 16.8 Å². The predicted molar refractivity (Wildman–Crippen MR) is 93.7 cm³/mol. The second kappa shape index (κ2) is 7.18. The Morgan fingerprint density at radius 2 is 2.08 bits per heavy atom. The second-order valence-corrected chi connectivity index (χ2v) is 6.45. The van der Waals surface area contributed by atoms with Gasteiger partial charge in [0.05, 0.1) is 6.10 Å². The van der Waals surface area contributed by atoms with Gasteiger partial charge in [-0.3, -0.25) is 0 Å². The molecule has 0 bridgehead atoms. The number of rotatable bonds is 5. The van der Waals surface area contributed by atoms with Crippen LogP contribution in [-0.4, -0.2) is 12.7 Å². The fraction of sp³-hybridized carbons (Fsp3) is 0.333. The van der Waals surface area contributed by atoms with Crippen LogP contribution >= 0.6 is 0 Å². The first-order chi connectivity index (χ1) is 11.6. The van der Waals surface area contributed by atoms with E-state index in [4.69, 9.17) is 9.47 Å². The molecule has 2 nitrogen and oxygen atoms in total. The minimum Gasteiger partial charge on any atom is -0.489 e. The normalized spacial score (nSPS) is 23.7. The van der Waals surface area contributed by atoms with Gasteiger partial charge in [-0.2, -0.15) is 0 Å². The average molecular weight is 326 g/mol. The van der Waals surface area contributed by atoms with E-state index in [-0.39, 0.29) is 17.3 Å². The number of hydrogen-bond acceptors (Lipinski definition) is 2. The van der Waals surface area contributed by atoms with Crippen LogP contribution in [0.15, 0.2) is 61.2 Å². The van der Waals surface area contributed by atoms with Gasteiger partial charge in [0.2, 0.25) is 0 Å². The molecule has 2 aromatic rings. The van der Waals surface area contributed by atoms with E-state index in [9.17, 15) is 4.39 Å². The number of allylic oxidation sites excluding steroid dienone is 1. The molecular formula is C21H23FO2. The Labute approximate surface area is 142 Å². The molecule has 2 atom stereocenters. The third-order valence-electron chi connectivity index (χ3n) is 4.69. The Morgan fingerprint density at radius 3 is 2.79 bits per heavy atom. The van der Waals surface area contributed by atoms with E-state index in [0.29, 0.717) is 19.0 Å². The summed E-state index contributed by atoms with van der Waals surface area (Å²) < 4.78 is 25.6. The monoisotopic (exact) mass is 326 g/mol. The minimum absolute atomic E-state index is 0.133. The van der Waals surface area contributed by atoms with Crippen molar-refractivity contribution >= 4 is 0 Å². The van der Waals surface area contributed by atoms with Crippen molar-refractivity contribution in [2.24, 2.45) is 0 Å². The van der Waals surface area contributed by atoms with Crippen molar-refractivity contribution in [2.45, 2.75) is 37.9 Å². The van der Waals surface area contributed by atoms with Crippen molar-refractivity contribution < 1.29 is 13.9 Å². The van der Waals surface area contributed by atoms with E-state index in [1.807, 2.05) is 49.4 Å². The van der Waals surface area contributed by atoms with Gasteiger partial charge < -0.3 is 9.47 Å². The topological polar surface area (TPSA) is 18.5 Å². The maximum Gasteiger partial charge on any atom is 0.127 e. The molecule has 0 unspecified atom stereocenters. The van der Waals surface area contributed by atoms with Gasteiger partial charge in [-0.05, 0) is 43.0 Å². The molecule has 2 aromatic carbocycles. The zero-order valence-electron chi connectivity index (χ0n) is 14.0. The Balaban J connectivity index is 1.84. The van der Waals surface area contributed by atoms with Crippen LogP contribution in [0, 0.1) is 5.82 Å². The van der Waals surface area contributed by atoms with Gasteiger partial charge in [0, 0.05) is 18.1 Å². The van der Waals surface area contributed by atoms with Crippen LogP contribution in [0.3, 0.4) is 0 Å². The van der Waals surface area contributed by atoms with Crippen molar-refractivity contribution in [3.63, 3.8) is 0 Å². The smallest absolute Gasteiger partial charge is 0.127 e. The summed E-state index contributed by atoms with van der Waals surface area (Å²) in [5, 5.41) is 0. The fourth-order valence-corrected chi connectivity index (χ4v) is 3.36. The van der Waals surface area contributed by atoms with Crippen LogP contribution in [0.4, 0.5) is 4.39 Å². The van der Waals surface area contributed by atoms with Crippen molar-refractivity contribution in [1.82, 2.24) is 0 Å². The molecule has 1 aliphatic rings. The van der Waals surface area contributed by atoms with Gasteiger partial charge in [0.15, 0.2) is 0 Å². The highest BCUT2D eigenvalue weighted by atomic mass is 19.1. The van der Waals surface area contributed by atoms with Crippen molar-refractivity contribution in [2.75, 3.05) is 6.61 Å². The van der Waals surface area contributed by atoms with Crippen LogP contribution in [0.2, 0.25) is 0 Å². The third-order valence-corrected chi connectivity index (χ3v) is 4.69. The molecule has 3 rings (SSSR count). The van der Waals surface area contributed by atoms with Gasteiger partial charge in [-0.1, -0.05) is 36.4 Å². The summed E-state index contributed by atoms with van der Waals surface area (Å²) in [6.45, 7) is 7.12. The molecule has 0 N–H and O–H groups in total. The van der Waals surface area contributed by atoms with Crippen molar-refractivity contribution in [3.05, 3.63) is 78.1 Å². The van der Waals surface area contributed by atoms with Gasteiger partial charge in [0.1, 0.15) is 18.2 Å². The summed E-state index contributed by atoms with van der Waals surface area (Å²) in [5.41, 5.74) is 1.71. The van der Waals surface area contributed by atoms with Crippen molar-refractivity contribution in [3.8, 4) is 5.75 Å². The molecule has 1 heterocycles. The first-order valence-corrected chi connectivity index (χ1v) is 8.34. The van der Waals surface area contributed by atoms with E-state index in [1.165, 1.54) is 6.07 Å². The molecule has 0 saturated carbocycles. The van der Waals surface area contributed by atoms with Gasteiger partial charge >= 0.3 is 0 Å². The Morgan fingerprint density at radius 1 is 1.29 bits per heavy atom. The van der Waals surface area contributed by atoms with Gasteiger partial charge in [0.25, 0.3) is 0 Å². The summed E-state index contributed by atoms with van der Waals surface area (Å²) >= 11 is 0. The molecule has 126 valence electrons. The second-order valence-electron chi connectivity index (χ2n) is 6.45. The maximum absolute atomic E-state index is 14.2. The van der Waals surface area contributed by atoms with Crippen molar-refractivity contribution in [1.29, 1.82) is 0 Å². The molecule has 0 amide bonds. The maximum atomic E-state index is 14.2. The van der Waals surface area contributed by atoms with Gasteiger partial charge in [-0.25, -0.2) is 4.39 Å². The van der Waals surface area contributed by atoms with Crippen LogP contribution in [0.5, 0.6) is 5.75 Å². The zero-order chi connectivity index (χ0) is 17.0. The summed E-state index contributed by atoms with van der Waals surface area (Å²) in [4.78, 5) is 0. The summed E-state index contributed by atoms with van der Waals surface area (Å²) in [6.07, 6.45) is 3.68. The first-order valence-electron chi connectivity index (χ1n) is 8.34. The van der Waals surface area contributed by atoms with E-state index in [2.05, 4.69) is 6.58 Å². The van der Waals surface area contributed by atoms with E-state index >= 15 is 0 Å². The molecule has 1 aliphatic heterocycles. The van der Waals surface area contributed by atoms with E-state index in [1.54, 1.807) is 6.07 Å². The highest BCUT2D eigenvalue weighted by Crippen LogP contribution is 2.39. The quantitative estimate of drug-likeness (QED) is 0.718. The lowest BCUT2D eigenvalue weighted by atomic mass is 9.72. The SMILES string of the molecule is C=C[C@@]1(c2cc(F)cc(OCc3ccccc3)c2)CCO[C@H](C)C1. The summed E-state index contributed by atoms with van der Waals surface area (Å²) in [7, 11) is 0. The zero-order valence-corrected chi connectivity index (χ0v) is 14.0. The lowest BCUT2D eigenvalue weighted by Crippen LogP contribution is -2.36. The molecule has 0 spiro atoms. The standard InChI is InChI=1S/C21H23FO2/c1-3-21(9-10-23-16(2)14-21)18-11-19(22)13-20(12-18)24-15-17-7-5-4-6-8-17/h3-8,11-13,16H,1,9-10,14-15H2,2H3/t16-,21-/m1/s1. The average Bonchev–Trinajstić information content (AvgIpc) is 2.60. The molecule has 1 saturated heterocycles.